The Hall–Kier alpha value is -1.61. The molecule has 3 N–H and O–H groups in total. The van der Waals surface area contributed by atoms with E-state index >= 15 is 0 Å². The van der Waals surface area contributed by atoms with Gasteiger partial charge in [-0.15, -0.1) is 0 Å². The number of rotatable bonds is 4. The van der Waals surface area contributed by atoms with Gasteiger partial charge in [0.25, 0.3) is 0 Å². The van der Waals surface area contributed by atoms with Crippen LogP contribution in [0.2, 0.25) is 1.41 Å². The van der Waals surface area contributed by atoms with E-state index in [-0.39, 0.29) is 0 Å². The smallest absolute Gasteiger partial charge is 0.137 e. The van der Waals surface area contributed by atoms with Crippen LogP contribution in [0.1, 0.15) is 5.56 Å². The number of H-pyrrole nitrogens is 1. The highest BCUT2D eigenvalue weighted by molar-refractivity contribution is 5.83. The molecule has 3 heteroatoms. The lowest BCUT2D eigenvalue weighted by Gasteiger charge is -2.01. The van der Waals surface area contributed by atoms with E-state index in [1.165, 1.54) is 0 Å². The number of carbonyl (C=O) groups excluding carboxylic acids is 1. The van der Waals surface area contributed by atoms with Gasteiger partial charge >= 0.3 is 0 Å². The third kappa shape index (κ3) is 1.54. The highest BCUT2D eigenvalue weighted by atomic mass is 16.1. The van der Waals surface area contributed by atoms with Gasteiger partial charge in [0.05, 0.1) is 6.04 Å². The maximum atomic E-state index is 10.6. The van der Waals surface area contributed by atoms with Gasteiger partial charge in [-0.3, -0.25) is 0 Å². The van der Waals surface area contributed by atoms with Crippen LogP contribution in [0.25, 0.3) is 10.9 Å². The minimum atomic E-state index is -0.441. The quantitative estimate of drug-likeness (QED) is 0.711. The van der Waals surface area contributed by atoms with Gasteiger partial charge in [0.2, 0.25) is 0 Å². The molecule has 0 aliphatic heterocycles. The molecular weight excluding hydrogens is 176 g/mol. The average Bonchev–Trinajstić information content (AvgIpc) is 2.69. The molecule has 0 aliphatic rings. The van der Waals surface area contributed by atoms with Crippen LogP contribution in [0.5, 0.6) is 0 Å². The van der Waals surface area contributed by atoms with Crippen molar-refractivity contribution in [2.45, 2.75) is 12.5 Å². The number of hydrogen-bond acceptors (Lipinski definition) is 2. The Kier molecular flexibility index (Phi) is 2.02. The molecule has 14 heavy (non-hydrogen) atoms. The lowest BCUT2D eigenvalue weighted by atomic mass is 10.1. The monoisotopic (exact) mass is 189 g/mol. The summed E-state index contributed by atoms with van der Waals surface area (Å²) >= 11 is 0. The van der Waals surface area contributed by atoms with Crippen LogP contribution in [0.15, 0.2) is 30.5 Å². The first-order valence-electron chi connectivity index (χ1n) is 5.02. The Morgan fingerprint density at radius 3 is 3.21 bits per heavy atom. The molecule has 72 valence electrons. The van der Waals surface area contributed by atoms with Crippen molar-refractivity contribution in [3.05, 3.63) is 36.0 Å². The van der Waals surface area contributed by atoms with Gasteiger partial charge < -0.3 is 15.5 Å². The second-order valence-corrected chi connectivity index (χ2v) is 3.31. The van der Waals surface area contributed by atoms with Gasteiger partial charge in [0, 0.05) is 17.1 Å². The van der Waals surface area contributed by atoms with Crippen LogP contribution in [-0.4, -0.2) is 17.3 Å². The first-order valence-corrected chi connectivity index (χ1v) is 4.52. The van der Waals surface area contributed by atoms with E-state index in [9.17, 15) is 4.79 Å². The number of benzene rings is 1. The standard InChI is InChI=1S/C11H12N2O/c12-9(7-14)5-8-6-13-11-4-2-1-3-10(8)11/h1-4,6-7,9,13H,5,12H2/t9-/m0/s1/i/hD. The lowest BCUT2D eigenvalue weighted by Crippen LogP contribution is -2.23. The van der Waals surface area contributed by atoms with E-state index in [0.29, 0.717) is 6.42 Å². The fraction of sp³-hybridized carbons (Fsp3) is 0.182. The van der Waals surface area contributed by atoms with E-state index in [1.54, 1.807) is 0 Å². The van der Waals surface area contributed by atoms with Crippen LogP contribution in [0, 0.1) is 0 Å². The topological polar surface area (TPSA) is 58.9 Å². The number of fused-ring (bicyclic) bond motifs is 1. The third-order valence-corrected chi connectivity index (χ3v) is 2.28. The molecule has 0 bridgehead atoms. The van der Waals surface area contributed by atoms with E-state index in [1.807, 2.05) is 30.5 Å². The van der Waals surface area contributed by atoms with Crippen molar-refractivity contribution in [1.82, 2.24) is 4.98 Å². The number of aromatic nitrogens is 1. The van der Waals surface area contributed by atoms with Crippen LogP contribution in [-0.2, 0) is 11.2 Å². The van der Waals surface area contributed by atoms with Crippen molar-refractivity contribution in [3.8, 4) is 0 Å². The van der Waals surface area contributed by atoms with Gasteiger partial charge in [-0.25, -0.2) is 0 Å². The van der Waals surface area contributed by atoms with Crippen molar-refractivity contribution >= 4 is 17.2 Å². The normalized spacial score (nSPS) is 13.9. The van der Waals surface area contributed by atoms with Crippen LogP contribution >= 0.6 is 0 Å². The molecule has 0 aliphatic carbocycles. The molecule has 1 aromatic carbocycles. The molecule has 0 amide bonds. The molecular formula is C11H12N2O. The number of para-hydroxylation sites is 1. The lowest BCUT2D eigenvalue weighted by molar-refractivity contribution is -0.108. The summed E-state index contributed by atoms with van der Waals surface area (Å²) in [6, 6.07) is 7.48. The van der Waals surface area contributed by atoms with E-state index in [4.69, 9.17) is 1.41 Å². The SMILES string of the molecule is [2H]N[C@H](C=O)Cc1c[nH]c2ccccc12. The van der Waals surface area contributed by atoms with Gasteiger partial charge in [-0.05, 0) is 18.1 Å². The summed E-state index contributed by atoms with van der Waals surface area (Å²) in [5.41, 5.74) is 4.34. The predicted molar refractivity (Wildman–Crippen MR) is 56.0 cm³/mol. The number of nitrogens with two attached hydrogens (primary N) is 1. The van der Waals surface area contributed by atoms with Gasteiger partial charge in [-0.1, -0.05) is 18.2 Å². The van der Waals surface area contributed by atoms with Crippen molar-refractivity contribution in [2.24, 2.45) is 5.73 Å². The highest BCUT2D eigenvalue weighted by Crippen LogP contribution is 2.18. The molecule has 0 fully saturated rings. The maximum Gasteiger partial charge on any atom is 0.137 e. The Balaban J connectivity index is 2.32. The first-order chi connectivity index (χ1) is 7.35. The molecule has 0 spiro atoms. The average molecular weight is 189 g/mol. The molecule has 1 aromatic heterocycles. The number of aldehydes is 1. The minimum Gasteiger partial charge on any atom is -0.361 e. The predicted octanol–water partition coefficient (Wildman–Crippen LogP) is 1.24. The fourth-order valence-corrected chi connectivity index (χ4v) is 1.59. The van der Waals surface area contributed by atoms with Crippen molar-refractivity contribution in [3.63, 3.8) is 0 Å². The summed E-state index contributed by atoms with van der Waals surface area (Å²) in [5.74, 6) is 0. The largest absolute Gasteiger partial charge is 0.361 e. The molecule has 0 unspecified atom stereocenters. The Labute approximate surface area is 83.4 Å². The van der Waals surface area contributed by atoms with E-state index in [2.05, 4.69) is 10.7 Å². The molecule has 2 rings (SSSR count). The summed E-state index contributed by atoms with van der Waals surface area (Å²) in [4.78, 5) is 13.7. The Bertz CT molecular complexity index is 466. The summed E-state index contributed by atoms with van der Waals surface area (Å²) in [5, 5.41) is 1.11. The number of hydrogen-bond donors (Lipinski definition) is 2. The first kappa shape index (κ1) is 7.76. The number of nitrogens with one attached hydrogen (secondary N) is 1. The van der Waals surface area contributed by atoms with Gasteiger partial charge in [0.15, 0.2) is 0 Å². The molecule has 3 nitrogen and oxygen atoms in total. The molecule has 1 atom stereocenters. The maximum absolute atomic E-state index is 10.6. The zero-order chi connectivity index (χ0) is 10.7. The summed E-state index contributed by atoms with van der Waals surface area (Å²) in [7, 11) is 0. The van der Waals surface area contributed by atoms with Crippen molar-refractivity contribution in [2.75, 3.05) is 0 Å². The second-order valence-electron chi connectivity index (χ2n) is 3.31. The summed E-state index contributed by atoms with van der Waals surface area (Å²) in [6.07, 6.45) is 3.18. The second kappa shape index (κ2) is 3.64. The summed E-state index contributed by atoms with van der Waals surface area (Å²) < 4.78 is 6.98. The highest BCUT2D eigenvalue weighted by Gasteiger charge is 2.06. The van der Waals surface area contributed by atoms with Crippen LogP contribution in [0.3, 0.4) is 0 Å². The molecule has 0 saturated heterocycles. The zero-order valence-corrected chi connectivity index (χ0v) is 7.66. The minimum absolute atomic E-state index is 0.441. The van der Waals surface area contributed by atoms with Crippen molar-refractivity contribution in [1.29, 1.82) is 0 Å². The summed E-state index contributed by atoms with van der Waals surface area (Å²) in [6.45, 7) is 0. The Morgan fingerprint density at radius 2 is 2.43 bits per heavy atom. The van der Waals surface area contributed by atoms with E-state index in [0.717, 1.165) is 22.8 Å². The molecule has 0 radical (unpaired) electrons. The third-order valence-electron chi connectivity index (χ3n) is 2.28. The van der Waals surface area contributed by atoms with Crippen LogP contribution < -0.4 is 5.73 Å². The van der Waals surface area contributed by atoms with Crippen LogP contribution in [0.4, 0.5) is 0 Å². The molecule has 0 saturated carbocycles. The Morgan fingerprint density at radius 1 is 1.57 bits per heavy atom. The van der Waals surface area contributed by atoms with Gasteiger partial charge in [-0.2, -0.15) is 0 Å². The zero-order valence-electron chi connectivity index (χ0n) is 8.66. The van der Waals surface area contributed by atoms with E-state index < -0.39 is 6.04 Å². The van der Waals surface area contributed by atoms with Crippen molar-refractivity contribution < 1.29 is 6.21 Å². The molecule has 2 aromatic rings. The number of carbonyl (C=O) groups is 1. The van der Waals surface area contributed by atoms with Gasteiger partial charge in [0.1, 0.15) is 7.70 Å². The number of aromatic amines is 1. The molecule has 1 heterocycles. The fourth-order valence-electron chi connectivity index (χ4n) is 1.59.